The van der Waals surface area contributed by atoms with Gasteiger partial charge in [0.2, 0.25) is 5.89 Å². The maximum Gasteiger partial charge on any atom is 0.257 e. The van der Waals surface area contributed by atoms with Crippen LogP contribution in [0.15, 0.2) is 46.9 Å². The first-order valence-corrected chi connectivity index (χ1v) is 9.29. The lowest BCUT2D eigenvalue weighted by molar-refractivity contribution is 0.226. The van der Waals surface area contributed by atoms with E-state index in [1.165, 1.54) is 16.9 Å². The second-order valence-corrected chi connectivity index (χ2v) is 7.57. The van der Waals surface area contributed by atoms with Gasteiger partial charge < -0.3 is 4.42 Å². The number of aryl methyl sites for hydroxylation is 1. The fraction of sp³-hybridized carbons (Fsp3) is 0.368. The van der Waals surface area contributed by atoms with E-state index in [0.717, 1.165) is 36.7 Å². The lowest BCUT2D eigenvalue weighted by Gasteiger charge is -2.21. The number of thiophene rings is 1. The first-order chi connectivity index (χ1) is 11.8. The van der Waals surface area contributed by atoms with E-state index < -0.39 is 0 Å². The molecule has 2 aromatic heterocycles. The summed E-state index contributed by atoms with van der Waals surface area (Å²) in [5.41, 5.74) is 1.38. The highest BCUT2D eigenvalue weighted by Crippen LogP contribution is 2.34. The summed E-state index contributed by atoms with van der Waals surface area (Å²) >= 11 is 1.70. The molecule has 0 saturated carbocycles. The summed E-state index contributed by atoms with van der Waals surface area (Å²) in [7, 11) is 0. The molecular formula is C19H21N3OS. The van der Waals surface area contributed by atoms with Gasteiger partial charge in [0.05, 0.1) is 10.9 Å². The van der Waals surface area contributed by atoms with E-state index >= 15 is 0 Å². The highest BCUT2D eigenvalue weighted by Gasteiger charge is 2.30. The molecule has 1 aliphatic rings. The lowest BCUT2D eigenvalue weighted by atomic mass is 10.1. The highest BCUT2D eigenvalue weighted by atomic mass is 32.1. The zero-order valence-electron chi connectivity index (χ0n) is 13.8. The molecule has 4 rings (SSSR count). The fourth-order valence-electron chi connectivity index (χ4n) is 3.31. The van der Waals surface area contributed by atoms with Crippen LogP contribution in [0, 0.1) is 6.92 Å². The molecule has 24 heavy (non-hydrogen) atoms. The van der Waals surface area contributed by atoms with Crippen molar-refractivity contribution in [3.63, 3.8) is 0 Å². The molecule has 0 radical (unpaired) electrons. The van der Waals surface area contributed by atoms with Crippen molar-refractivity contribution in [3.8, 4) is 10.8 Å². The molecule has 1 aromatic carbocycles. The van der Waals surface area contributed by atoms with Crippen LogP contribution >= 0.6 is 11.3 Å². The molecule has 1 aliphatic heterocycles. The molecule has 3 heterocycles. The van der Waals surface area contributed by atoms with Gasteiger partial charge in [-0.3, -0.25) is 4.90 Å². The monoisotopic (exact) mass is 339 g/mol. The van der Waals surface area contributed by atoms with Crippen LogP contribution in [0.3, 0.4) is 0 Å². The Morgan fingerprint density at radius 1 is 1.17 bits per heavy atom. The SMILES string of the molecule is Cc1ccc(-c2nnc(C3CCCN3CCc3ccccc3)o2)s1. The first kappa shape index (κ1) is 15.5. The van der Waals surface area contributed by atoms with Crippen molar-refractivity contribution in [3.05, 3.63) is 58.8 Å². The van der Waals surface area contributed by atoms with Crippen LogP contribution in [-0.2, 0) is 6.42 Å². The third-order valence-corrected chi connectivity index (χ3v) is 5.56. The third kappa shape index (κ3) is 3.28. The Balaban J connectivity index is 1.46. The van der Waals surface area contributed by atoms with Crippen LogP contribution in [0.2, 0.25) is 0 Å². The third-order valence-electron chi connectivity index (χ3n) is 4.57. The van der Waals surface area contributed by atoms with Crippen molar-refractivity contribution in [1.82, 2.24) is 15.1 Å². The highest BCUT2D eigenvalue weighted by molar-refractivity contribution is 7.15. The molecule has 0 spiro atoms. The second kappa shape index (κ2) is 6.87. The van der Waals surface area contributed by atoms with Crippen molar-refractivity contribution in [2.75, 3.05) is 13.1 Å². The van der Waals surface area contributed by atoms with Crippen LogP contribution in [-0.4, -0.2) is 28.2 Å². The Bertz CT molecular complexity index is 796. The summed E-state index contributed by atoms with van der Waals surface area (Å²) in [4.78, 5) is 4.79. The maximum atomic E-state index is 6.00. The molecule has 1 atom stereocenters. The molecule has 0 N–H and O–H groups in total. The average molecular weight is 339 g/mol. The Morgan fingerprint density at radius 3 is 2.83 bits per heavy atom. The summed E-state index contributed by atoms with van der Waals surface area (Å²) in [6.07, 6.45) is 3.34. The predicted molar refractivity (Wildman–Crippen MR) is 96.0 cm³/mol. The smallest absolute Gasteiger partial charge is 0.257 e. The van der Waals surface area contributed by atoms with E-state index in [0.29, 0.717) is 5.89 Å². The Hall–Kier alpha value is -1.98. The Kier molecular flexibility index (Phi) is 4.45. The number of rotatable bonds is 5. The molecule has 4 nitrogen and oxygen atoms in total. The van der Waals surface area contributed by atoms with Crippen LogP contribution in [0.4, 0.5) is 0 Å². The van der Waals surface area contributed by atoms with Crippen molar-refractivity contribution >= 4 is 11.3 Å². The fourth-order valence-corrected chi connectivity index (χ4v) is 4.10. The number of nitrogens with zero attached hydrogens (tertiary/aromatic N) is 3. The molecule has 1 fully saturated rings. The van der Waals surface area contributed by atoms with Gasteiger partial charge in [0, 0.05) is 11.4 Å². The minimum absolute atomic E-state index is 0.260. The van der Waals surface area contributed by atoms with Crippen molar-refractivity contribution in [2.45, 2.75) is 32.2 Å². The van der Waals surface area contributed by atoms with Gasteiger partial charge in [0.1, 0.15) is 0 Å². The molecule has 3 aromatic rings. The van der Waals surface area contributed by atoms with Crippen LogP contribution in [0.5, 0.6) is 0 Å². The van der Waals surface area contributed by atoms with E-state index in [1.54, 1.807) is 11.3 Å². The molecule has 1 saturated heterocycles. The average Bonchev–Trinajstić information content (AvgIpc) is 3.33. The number of likely N-dealkylation sites (tertiary alicyclic amines) is 1. The summed E-state index contributed by atoms with van der Waals surface area (Å²) in [6, 6.07) is 15.0. The summed E-state index contributed by atoms with van der Waals surface area (Å²) in [6.45, 7) is 4.23. The summed E-state index contributed by atoms with van der Waals surface area (Å²) < 4.78 is 6.00. The summed E-state index contributed by atoms with van der Waals surface area (Å²) in [5.74, 6) is 1.42. The molecule has 0 amide bonds. The summed E-state index contributed by atoms with van der Waals surface area (Å²) in [5, 5.41) is 8.60. The first-order valence-electron chi connectivity index (χ1n) is 8.48. The number of hydrogen-bond acceptors (Lipinski definition) is 5. The molecule has 5 heteroatoms. The van der Waals surface area contributed by atoms with Gasteiger partial charge in [-0.15, -0.1) is 21.5 Å². The zero-order chi connectivity index (χ0) is 16.4. The van der Waals surface area contributed by atoms with E-state index in [1.807, 2.05) is 0 Å². The van der Waals surface area contributed by atoms with Crippen molar-refractivity contribution in [1.29, 1.82) is 0 Å². The molecule has 0 aliphatic carbocycles. The zero-order valence-corrected chi connectivity index (χ0v) is 14.6. The Morgan fingerprint density at radius 2 is 2.04 bits per heavy atom. The van der Waals surface area contributed by atoms with Crippen LogP contribution < -0.4 is 0 Å². The molecule has 0 bridgehead atoms. The predicted octanol–water partition coefficient (Wildman–Crippen LogP) is 4.49. The minimum Gasteiger partial charge on any atom is -0.418 e. The van der Waals surface area contributed by atoms with Crippen LogP contribution in [0.25, 0.3) is 10.8 Å². The molecule has 124 valence electrons. The lowest BCUT2D eigenvalue weighted by Crippen LogP contribution is -2.26. The Labute approximate surface area is 146 Å². The normalized spacial score (nSPS) is 18.3. The van der Waals surface area contributed by atoms with Gasteiger partial charge in [-0.25, -0.2) is 0 Å². The van der Waals surface area contributed by atoms with E-state index in [-0.39, 0.29) is 6.04 Å². The largest absolute Gasteiger partial charge is 0.418 e. The van der Waals surface area contributed by atoms with Gasteiger partial charge in [-0.1, -0.05) is 30.3 Å². The van der Waals surface area contributed by atoms with E-state index in [9.17, 15) is 0 Å². The number of aromatic nitrogens is 2. The number of hydrogen-bond donors (Lipinski definition) is 0. The van der Waals surface area contributed by atoms with Gasteiger partial charge >= 0.3 is 0 Å². The van der Waals surface area contributed by atoms with Gasteiger partial charge in [-0.2, -0.15) is 0 Å². The quantitative estimate of drug-likeness (QED) is 0.687. The second-order valence-electron chi connectivity index (χ2n) is 6.29. The van der Waals surface area contributed by atoms with E-state index in [4.69, 9.17) is 4.42 Å². The molecular weight excluding hydrogens is 318 g/mol. The maximum absolute atomic E-state index is 6.00. The number of benzene rings is 1. The van der Waals surface area contributed by atoms with Gasteiger partial charge in [0.15, 0.2) is 0 Å². The molecule has 1 unspecified atom stereocenters. The van der Waals surface area contributed by atoms with Crippen molar-refractivity contribution < 1.29 is 4.42 Å². The van der Waals surface area contributed by atoms with Crippen LogP contribution in [0.1, 0.15) is 35.2 Å². The van der Waals surface area contributed by atoms with Gasteiger partial charge in [0.25, 0.3) is 5.89 Å². The minimum atomic E-state index is 0.260. The van der Waals surface area contributed by atoms with Gasteiger partial charge in [-0.05, 0) is 50.4 Å². The van der Waals surface area contributed by atoms with Crippen molar-refractivity contribution in [2.24, 2.45) is 0 Å². The van der Waals surface area contributed by atoms with E-state index in [2.05, 4.69) is 64.5 Å². The topological polar surface area (TPSA) is 42.2 Å². The standard InChI is InChI=1S/C19H21N3OS/c1-14-9-10-17(24-14)19-21-20-18(23-19)16-8-5-12-22(16)13-11-15-6-3-2-4-7-15/h2-4,6-7,9-10,16H,5,8,11-13H2,1H3.